The van der Waals surface area contributed by atoms with Gasteiger partial charge in [-0.1, -0.05) is 36.4 Å². The van der Waals surface area contributed by atoms with Crippen LogP contribution in [-0.2, 0) is 11.3 Å². The number of ether oxygens (including phenoxy) is 1. The van der Waals surface area contributed by atoms with E-state index in [9.17, 15) is 28.0 Å². The number of nitrogens with one attached hydrogen (secondary N) is 1. The fourth-order valence-electron chi connectivity index (χ4n) is 7.85. The van der Waals surface area contributed by atoms with Crippen LogP contribution in [0.15, 0.2) is 94.9 Å². The van der Waals surface area contributed by atoms with Gasteiger partial charge in [-0.3, -0.25) is 19.1 Å². The molecule has 1 aliphatic heterocycles. The number of carbonyl (C=O) groups excluding carboxylic acids is 2. The summed E-state index contributed by atoms with van der Waals surface area (Å²) in [4.78, 5) is 66.4. The summed E-state index contributed by atoms with van der Waals surface area (Å²) in [6.07, 6.45) is 5.21. The lowest BCUT2D eigenvalue weighted by atomic mass is 9.90. The maximum Gasteiger partial charge on any atom is 0.410 e. The third-order valence-corrected chi connectivity index (χ3v) is 10.8. The third kappa shape index (κ3) is 8.12. The van der Waals surface area contributed by atoms with Crippen LogP contribution in [0, 0.1) is 11.6 Å². The van der Waals surface area contributed by atoms with Gasteiger partial charge in [-0.15, -0.1) is 0 Å². The number of halogens is 2. The zero-order chi connectivity index (χ0) is 40.7. The fourth-order valence-corrected chi connectivity index (χ4v) is 7.85. The first-order valence-corrected chi connectivity index (χ1v) is 19.5. The van der Waals surface area contributed by atoms with Crippen LogP contribution < -0.4 is 16.6 Å². The molecule has 300 valence electrons. The normalized spacial score (nSPS) is 17.8. The number of hydrogen-bond acceptors (Lipinski definition) is 8. The van der Waals surface area contributed by atoms with Gasteiger partial charge >= 0.3 is 11.8 Å². The maximum absolute atomic E-state index is 14.6. The summed E-state index contributed by atoms with van der Waals surface area (Å²) >= 11 is 0. The van der Waals surface area contributed by atoms with Crippen molar-refractivity contribution in [2.45, 2.75) is 70.7 Å². The van der Waals surface area contributed by atoms with E-state index in [-0.39, 0.29) is 28.9 Å². The van der Waals surface area contributed by atoms with E-state index in [1.807, 2.05) is 51.1 Å². The molecule has 0 bridgehead atoms. The summed E-state index contributed by atoms with van der Waals surface area (Å²) in [7, 11) is 0. The van der Waals surface area contributed by atoms with E-state index in [1.165, 1.54) is 38.1 Å². The molecular formula is C43H44F2N8O5. The molecule has 2 aromatic carbocycles. The van der Waals surface area contributed by atoms with E-state index in [1.54, 1.807) is 11.0 Å². The number of amides is 2. The number of nitrogens with zero attached hydrogens (tertiary/aromatic N) is 7. The number of rotatable bonds is 7. The lowest BCUT2D eigenvalue weighted by Crippen LogP contribution is -2.49. The minimum absolute atomic E-state index is 0.0139. The minimum atomic E-state index is -0.693. The standard InChI is InChI=1S/C43H44F2N8O5/c1-43(2,3)58-42(57)50-19-17-49(18-20-50)24-27-7-9-28(10-8-27)29-5-4-6-34(21-29)52-38-35(22-31(45)23-46-38)40(55)53(41(52)56)33-14-12-32(13-15-33)47-39(54)36-26-51-25-30(44)11-16-37(51)48-36/h4-11,16,21-23,25-26,32-33H,12-15,17-20,24H2,1-3H3,(H,47,54). The molecule has 1 N–H and O–H groups in total. The molecule has 1 saturated heterocycles. The van der Waals surface area contributed by atoms with Gasteiger partial charge in [0, 0.05) is 57.2 Å². The first kappa shape index (κ1) is 38.6. The van der Waals surface area contributed by atoms with Crippen LogP contribution in [0.5, 0.6) is 0 Å². The molecule has 13 nitrogen and oxygen atoms in total. The molecule has 1 aliphatic carbocycles. The van der Waals surface area contributed by atoms with Crippen LogP contribution in [0.4, 0.5) is 13.6 Å². The number of benzene rings is 2. The predicted molar refractivity (Wildman–Crippen MR) is 214 cm³/mol. The number of imidazole rings is 1. The Bertz CT molecular complexity index is 2630. The molecule has 15 heteroatoms. The highest BCUT2D eigenvalue weighted by Crippen LogP contribution is 2.29. The largest absolute Gasteiger partial charge is 0.444 e. The van der Waals surface area contributed by atoms with Gasteiger partial charge < -0.3 is 19.4 Å². The van der Waals surface area contributed by atoms with E-state index >= 15 is 0 Å². The Hall–Kier alpha value is -6.22. The van der Waals surface area contributed by atoms with Gasteiger partial charge in [-0.25, -0.2) is 32.9 Å². The number of carbonyl (C=O) groups is 2. The maximum atomic E-state index is 14.6. The average Bonchev–Trinajstić information content (AvgIpc) is 3.63. The second-order valence-corrected chi connectivity index (χ2v) is 16.0. The van der Waals surface area contributed by atoms with Crippen molar-refractivity contribution in [3.63, 3.8) is 0 Å². The summed E-state index contributed by atoms with van der Waals surface area (Å²) in [5.74, 6) is -1.54. The molecule has 2 amide bonds. The van der Waals surface area contributed by atoms with Gasteiger partial charge in [0.2, 0.25) is 0 Å². The molecule has 2 aliphatic rings. The first-order chi connectivity index (χ1) is 27.8. The molecule has 4 aromatic heterocycles. The van der Waals surface area contributed by atoms with Crippen LogP contribution >= 0.6 is 0 Å². The van der Waals surface area contributed by atoms with Crippen LogP contribution in [0.3, 0.4) is 0 Å². The average molecular weight is 791 g/mol. The Balaban J connectivity index is 0.987. The van der Waals surface area contributed by atoms with Crippen molar-refractivity contribution in [3.05, 3.63) is 129 Å². The summed E-state index contributed by atoms with van der Waals surface area (Å²) in [6, 6.07) is 18.7. The van der Waals surface area contributed by atoms with Crippen LogP contribution in [-0.4, -0.2) is 83.1 Å². The highest BCUT2D eigenvalue weighted by atomic mass is 19.1. The molecule has 1 saturated carbocycles. The van der Waals surface area contributed by atoms with Gasteiger partial charge in [0.15, 0.2) is 5.65 Å². The Kier molecular flexibility index (Phi) is 10.4. The lowest BCUT2D eigenvalue weighted by molar-refractivity contribution is 0.0139. The second kappa shape index (κ2) is 15.6. The summed E-state index contributed by atoms with van der Waals surface area (Å²) < 4.78 is 37.8. The van der Waals surface area contributed by atoms with Gasteiger partial charge in [0.25, 0.3) is 11.5 Å². The highest BCUT2D eigenvalue weighted by Gasteiger charge is 2.29. The summed E-state index contributed by atoms with van der Waals surface area (Å²) in [6.45, 7) is 8.97. The zero-order valence-corrected chi connectivity index (χ0v) is 32.5. The van der Waals surface area contributed by atoms with Crippen molar-refractivity contribution >= 4 is 28.7 Å². The van der Waals surface area contributed by atoms with Crippen LogP contribution in [0.2, 0.25) is 0 Å². The Morgan fingerprint density at radius 1 is 0.862 bits per heavy atom. The van der Waals surface area contributed by atoms with Crippen LogP contribution in [0.25, 0.3) is 33.5 Å². The number of aromatic nitrogens is 5. The predicted octanol–water partition coefficient (Wildman–Crippen LogP) is 6.11. The van der Waals surface area contributed by atoms with Gasteiger partial charge in [-0.2, -0.15) is 0 Å². The molecule has 58 heavy (non-hydrogen) atoms. The van der Waals surface area contributed by atoms with Crippen molar-refractivity contribution in [1.82, 2.24) is 38.6 Å². The lowest BCUT2D eigenvalue weighted by Gasteiger charge is -2.35. The zero-order valence-electron chi connectivity index (χ0n) is 32.5. The van der Waals surface area contributed by atoms with Crippen molar-refractivity contribution in [3.8, 4) is 16.8 Å². The molecule has 0 atom stereocenters. The van der Waals surface area contributed by atoms with Gasteiger partial charge in [-0.05, 0) is 93.5 Å². The number of piperazine rings is 1. The molecule has 2 fully saturated rings. The van der Waals surface area contributed by atoms with E-state index in [0.29, 0.717) is 50.1 Å². The molecular weight excluding hydrogens is 747 g/mol. The Labute approximate surface area is 332 Å². The highest BCUT2D eigenvalue weighted by molar-refractivity contribution is 5.93. The SMILES string of the molecule is CC(C)(C)OC(=O)N1CCN(Cc2ccc(-c3cccc(-n4c(=O)n(C5CCC(NC(=O)c6cn7cc(F)ccc7n6)CC5)c(=O)c5cc(F)cnc54)c3)cc2)CC1. The number of fused-ring (bicyclic) bond motifs is 2. The molecule has 8 rings (SSSR count). The van der Waals surface area contributed by atoms with E-state index in [2.05, 4.69) is 32.3 Å². The topological polar surface area (TPSA) is 136 Å². The van der Waals surface area contributed by atoms with E-state index in [0.717, 1.165) is 48.6 Å². The number of pyridine rings is 2. The molecule has 0 spiro atoms. The first-order valence-electron chi connectivity index (χ1n) is 19.5. The number of hydrogen-bond donors (Lipinski definition) is 1. The quantitative estimate of drug-likeness (QED) is 0.205. The molecule has 0 unspecified atom stereocenters. The minimum Gasteiger partial charge on any atom is -0.444 e. The van der Waals surface area contributed by atoms with Crippen molar-refractivity contribution in [1.29, 1.82) is 0 Å². The van der Waals surface area contributed by atoms with E-state index in [4.69, 9.17) is 4.74 Å². The Morgan fingerprint density at radius 2 is 1.60 bits per heavy atom. The molecule has 6 aromatic rings. The second-order valence-electron chi connectivity index (χ2n) is 16.0. The monoisotopic (exact) mass is 790 g/mol. The van der Waals surface area contributed by atoms with Crippen molar-refractivity contribution < 1.29 is 23.1 Å². The molecule has 0 radical (unpaired) electrons. The van der Waals surface area contributed by atoms with Crippen LogP contribution in [0.1, 0.15) is 68.5 Å². The third-order valence-electron chi connectivity index (χ3n) is 10.8. The van der Waals surface area contributed by atoms with E-state index < -0.39 is 40.4 Å². The van der Waals surface area contributed by atoms with Gasteiger partial charge in [0.1, 0.15) is 28.6 Å². The fraction of sp³-hybridized carbons (Fsp3) is 0.349. The summed E-state index contributed by atoms with van der Waals surface area (Å²) in [5, 5.41) is 2.97. The van der Waals surface area contributed by atoms with Crippen molar-refractivity contribution in [2.24, 2.45) is 0 Å². The Morgan fingerprint density at radius 3 is 2.33 bits per heavy atom. The van der Waals surface area contributed by atoms with Crippen molar-refractivity contribution in [2.75, 3.05) is 26.2 Å². The molecule has 5 heterocycles. The summed E-state index contributed by atoms with van der Waals surface area (Å²) in [5.41, 5.74) is 2.26. The van der Waals surface area contributed by atoms with Gasteiger partial charge in [0.05, 0.1) is 17.3 Å². The smallest absolute Gasteiger partial charge is 0.410 e.